The lowest BCUT2D eigenvalue weighted by Gasteiger charge is -2.13. The number of aromatic carboxylic acids is 1. The first kappa shape index (κ1) is 16.0. The van der Waals surface area contributed by atoms with Crippen molar-refractivity contribution in [2.75, 3.05) is 13.6 Å². The predicted octanol–water partition coefficient (Wildman–Crippen LogP) is 3.32. The molecule has 0 aromatic heterocycles. The molecule has 0 saturated carbocycles. The maximum Gasteiger partial charge on any atom is 0.417 e. The van der Waals surface area contributed by atoms with E-state index >= 15 is 0 Å². The number of benzene rings is 1. The Balaban J connectivity index is 3.36. The van der Waals surface area contributed by atoms with Crippen LogP contribution in [0.1, 0.15) is 28.4 Å². The van der Waals surface area contributed by atoms with Crippen molar-refractivity contribution in [3.05, 3.63) is 28.8 Å². The predicted molar refractivity (Wildman–Crippen MR) is 69.6 cm³/mol. The number of carbonyl (C=O) groups is 1. The Morgan fingerprint density at radius 1 is 1.45 bits per heavy atom. The molecule has 1 rings (SSSR count). The third-order valence-electron chi connectivity index (χ3n) is 2.76. The van der Waals surface area contributed by atoms with Gasteiger partial charge in [0.2, 0.25) is 0 Å². The molecule has 0 unspecified atom stereocenters. The monoisotopic (exact) mass is 288 g/mol. The summed E-state index contributed by atoms with van der Waals surface area (Å²) in [5.41, 5.74) is -1.49. The number of hydrogen-bond donors (Lipinski definition) is 1. The molecule has 4 nitrogen and oxygen atoms in total. The van der Waals surface area contributed by atoms with Crippen LogP contribution in [0.15, 0.2) is 17.1 Å². The maximum atomic E-state index is 12.9. The topological polar surface area (TPSA) is 52.9 Å². The fourth-order valence-corrected chi connectivity index (χ4v) is 1.49. The van der Waals surface area contributed by atoms with E-state index in [2.05, 4.69) is 4.99 Å². The van der Waals surface area contributed by atoms with Crippen molar-refractivity contribution >= 4 is 18.0 Å². The fraction of sp³-hybridized carbons (Fsp3) is 0.385. The summed E-state index contributed by atoms with van der Waals surface area (Å²) >= 11 is 0. The number of carboxylic acid groups (broad SMARTS) is 1. The molecule has 0 aliphatic rings. The standard InChI is InChI=1S/C13H15F3N2O2/c1-4-18(3)7-17-11-6-10(13(14,15)16)9(12(19)20)5-8(11)2/h5-7H,4H2,1-3H3,(H,19,20). The lowest BCUT2D eigenvalue weighted by Crippen LogP contribution is -2.15. The second-order valence-electron chi connectivity index (χ2n) is 4.30. The molecule has 1 aromatic carbocycles. The van der Waals surface area contributed by atoms with Crippen LogP contribution < -0.4 is 0 Å². The van der Waals surface area contributed by atoms with E-state index in [1.807, 2.05) is 6.92 Å². The van der Waals surface area contributed by atoms with E-state index < -0.39 is 23.3 Å². The molecule has 0 heterocycles. The summed E-state index contributed by atoms with van der Waals surface area (Å²) in [4.78, 5) is 16.5. The van der Waals surface area contributed by atoms with Crippen LogP contribution in [0.3, 0.4) is 0 Å². The minimum absolute atomic E-state index is 0.0997. The third kappa shape index (κ3) is 3.72. The van der Waals surface area contributed by atoms with Crippen LogP contribution in [-0.4, -0.2) is 35.9 Å². The van der Waals surface area contributed by atoms with Crippen LogP contribution in [0.5, 0.6) is 0 Å². The van der Waals surface area contributed by atoms with Gasteiger partial charge in [-0.1, -0.05) is 0 Å². The van der Waals surface area contributed by atoms with Gasteiger partial charge in [-0.05, 0) is 31.5 Å². The van der Waals surface area contributed by atoms with Gasteiger partial charge >= 0.3 is 12.1 Å². The zero-order valence-corrected chi connectivity index (χ0v) is 11.3. The van der Waals surface area contributed by atoms with Gasteiger partial charge in [-0.3, -0.25) is 0 Å². The van der Waals surface area contributed by atoms with Gasteiger partial charge < -0.3 is 10.0 Å². The van der Waals surface area contributed by atoms with Crippen molar-refractivity contribution < 1.29 is 23.1 Å². The molecule has 110 valence electrons. The summed E-state index contributed by atoms with van der Waals surface area (Å²) in [6.45, 7) is 4.04. The number of halogens is 3. The molecule has 1 aromatic rings. The summed E-state index contributed by atoms with van der Waals surface area (Å²) in [7, 11) is 1.73. The van der Waals surface area contributed by atoms with Gasteiger partial charge in [0.05, 0.1) is 23.2 Å². The molecule has 7 heteroatoms. The van der Waals surface area contributed by atoms with Gasteiger partial charge in [-0.15, -0.1) is 0 Å². The quantitative estimate of drug-likeness (QED) is 0.683. The van der Waals surface area contributed by atoms with Gasteiger partial charge in [0.1, 0.15) is 0 Å². The van der Waals surface area contributed by atoms with E-state index in [0.29, 0.717) is 12.1 Å². The van der Waals surface area contributed by atoms with E-state index in [9.17, 15) is 18.0 Å². The number of rotatable bonds is 4. The number of carboxylic acids is 1. The van der Waals surface area contributed by atoms with Crippen molar-refractivity contribution in [3.63, 3.8) is 0 Å². The molecule has 0 aliphatic heterocycles. The van der Waals surface area contributed by atoms with Crippen molar-refractivity contribution in [1.29, 1.82) is 0 Å². The van der Waals surface area contributed by atoms with Crippen LogP contribution in [0, 0.1) is 6.92 Å². The van der Waals surface area contributed by atoms with Crippen molar-refractivity contribution in [2.45, 2.75) is 20.0 Å². The first-order valence-electron chi connectivity index (χ1n) is 5.86. The van der Waals surface area contributed by atoms with Gasteiger partial charge in [-0.2, -0.15) is 13.2 Å². The van der Waals surface area contributed by atoms with E-state index in [-0.39, 0.29) is 5.69 Å². The van der Waals surface area contributed by atoms with Gasteiger partial charge in [-0.25, -0.2) is 9.79 Å². The largest absolute Gasteiger partial charge is 0.478 e. The molecule has 0 atom stereocenters. The van der Waals surface area contributed by atoms with Crippen LogP contribution in [0.4, 0.5) is 18.9 Å². The van der Waals surface area contributed by atoms with Gasteiger partial charge in [0.25, 0.3) is 0 Å². The van der Waals surface area contributed by atoms with Crippen molar-refractivity contribution in [2.24, 2.45) is 4.99 Å². The number of nitrogens with zero attached hydrogens (tertiary/aromatic N) is 2. The highest BCUT2D eigenvalue weighted by Gasteiger charge is 2.36. The Hall–Kier alpha value is -2.05. The lowest BCUT2D eigenvalue weighted by molar-refractivity contribution is -0.138. The highest BCUT2D eigenvalue weighted by Crippen LogP contribution is 2.36. The number of hydrogen-bond acceptors (Lipinski definition) is 2. The Morgan fingerprint density at radius 2 is 2.05 bits per heavy atom. The van der Waals surface area contributed by atoms with Crippen LogP contribution in [-0.2, 0) is 6.18 Å². The van der Waals surface area contributed by atoms with Crippen LogP contribution in [0.25, 0.3) is 0 Å². The fourth-order valence-electron chi connectivity index (χ4n) is 1.49. The zero-order valence-electron chi connectivity index (χ0n) is 11.3. The number of alkyl halides is 3. The molecule has 0 amide bonds. The SMILES string of the molecule is CCN(C)C=Nc1cc(C(F)(F)F)c(C(=O)O)cc1C. The van der Waals surface area contributed by atoms with Gasteiger partial charge in [0.15, 0.2) is 0 Å². The van der Waals surface area contributed by atoms with E-state index in [1.165, 1.54) is 13.3 Å². The summed E-state index contributed by atoms with van der Waals surface area (Å²) in [6.07, 6.45) is -3.33. The van der Waals surface area contributed by atoms with E-state index in [4.69, 9.17) is 5.11 Å². The average Bonchev–Trinajstić information content (AvgIpc) is 2.34. The van der Waals surface area contributed by atoms with Crippen LogP contribution >= 0.6 is 0 Å². The van der Waals surface area contributed by atoms with Crippen molar-refractivity contribution in [3.8, 4) is 0 Å². The van der Waals surface area contributed by atoms with E-state index in [0.717, 1.165) is 12.1 Å². The van der Waals surface area contributed by atoms with E-state index in [1.54, 1.807) is 11.9 Å². The summed E-state index contributed by atoms with van der Waals surface area (Å²) in [6, 6.07) is 1.75. The third-order valence-corrected chi connectivity index (χ3v) is 2.76. The molecule has 20 heavy (non-hydrogen) atoms. The minimum Gasteiger partial charge on any atom is -0.478 e. The number of aliphatic imine (C=N–C) groups is 1. The molecule has 0 aliphatic carbocycles. The Labute approximate surface area is 114 Å². The first-order chi connectivity index (χ1) is 9.16. The Bertz CT molecular complexity index is 539. The highest BCUT2D eigenvalue weighted by atomic mass is 19.4. The molecule has 1 N–H and O–H groups in total. The van der Waals surface area contributed by atoms with Gasteiger partial charge in [0, 0.05) is 13.6 Å². The molecule has 0 bridgehead atoms. The molecular formula is C13H15F3N2O2. The second kappa shape index (κ2) is 5.94. The van der Waals surface area contributed by atoms with Crippen LogP contribution in [0.2, 0.25) is 0 Å². The summed E-state index contributed by atoms with van der Waals surface area (Å²) < 4.78 is 38.6. The lowest BCUT2D eigenvalue weighted by atomic mass is 10.0. The molecule has 0 spiro atoms. The number of aryl methyl sites for hydroxylation is 1. The normalized spacial score (nSPS) is 11.9. The molecule has 0 radical (unpaired) electrons. The Kier molecular flexibility index (Phi) is 4.75. The smallest absolute Gasteiger partial charge is 0.417 e. The average molecular weight is 288 g/mol. The summed E-state index contributed by atoms with van der Waals surface area (Å²) in [5, 5.41) is 8.85. The highest BCUT2D eigenvalue weighted by molar-refractivity contribution is 5.90. The zero-order chi connectivity index (χ0) is 15.5. The first-order valence-corrected chi connectivity index (χ1v) is 5.86. The summed E-state index contributed by atoms with van der Waals surface area (Å²) in [5.74, 6) is -1.61. The Morgan fingerprint density at radius 3 is 2.50 bits per heavy atom. The maximum absolute atomic E-state index is 12.9. The van der Waals surface area contributed by atoms with Crippen molar-refractivity contribution in [1.82, 2.24) is 4.90 Å². The second-order valence-corrected chi connectivity index (χ2v) is 4.30. The molecule has 0 fully saturated rings. The minimum atomic E-state index is -4.73. The molecule has 0 saturated heterocycles. The molecular weight excluding hydrogens is 273 g/mol.